The van der Waals surface area contributed by atoms with Gasteiger partial charge in [-0.15, -0.1) is 0 Å². The van der Waals surface area contributed by atoms with Crippen LogP contribution in [0.25, 0.3) is 0 Å². The molecule has 5 heteroatoms. The molecule has 0 heterocycles. The molecule has 0 bridgehead atoms. The SMILES string of the molecule is C[C@H]([C@H](O)CC1CC1)[C@H]1CC[C@H]2[C@@H]3CC[C@@H]4C[C@@](O)(C(F)(F)F)CC[C@@H]4[C@H]3CC[C@]12C. The standard InChI is InChI=1S/C26H41F3O2/c1-15(23(30)13-16-3-4-16)21-7-8-22-20-6-5-17-14-25(31,26(27,28)29)12-10-18(17)19(20)9-11-24(21,22)2/h15-23,30-31H,3-14H2,1-2H3/t15-,17+,18-,19+,20+,21+,22-,23+,24+,25+/m0/s1. The van der Waals surface area contributed by atoms with Crippen molar-refractivity contribution in [2.24, 2.45) is 52.8 Å². The Bertz CT molecular complexity index is 676. The molecule has 0 spiro atoms. The van der Waals surface area contributed by atoms with Crippen LogP contribution in [0.5, 0.6) is 0 Å². The van der Waals surface area contributed by atoms with E-state index in [0.29, 0.717) is 41.9 Å². The molecule has 0 amide bonds. The first-order valence-electron chi connectivity index (χ1n) is 13.0. The van der Waals surface area contributed by atoms with Crippen LogP contribution >= 0.6 is 0 Å². The second-order valence-corrected chi connectivity index (χ2v) is 12.5. The third kappa shape index (κ3) is 3.68. The molecular weight excluding hydrogens is 401 g/mol. The van der Waals surface area contributed by atoms with E-state index in [1.807, 2.05) is 0 Å². The molecule has 0 aromatic rings. The summed E-state index contributed by atoms with van der Waals surface area (Å²) in [5, 5.41) is 21.2. The number of hydrogen-bond acceptors (Lipinski definition) is 2. The fraction of sp³-hybridized carbons (Fsp3) is 1.00. The van der Waals surface area contributed by atoms with Gasteiger partial charge in [0, 0.05) is 0 Å². The average Bonchev–Trinajstić information content (AvgIpc) is 3.44. The van der Waals surface area contributed by atoms with Crippen molar-refractivity contribution in [1.29, 1.82) is 0 Å². The highest BCUT2D eigenvalue weighted by Crippen LogP contribution is 2.66. The first-order chi connectivity index (χ1) is 14.5. The fourth-order valence-corrected chi connectivity index (χ4v) is 9.22. The first kappa shape index (κ1) is 22.5. The minimum absolute atomic E-state index is 0.0301. The van der Waals surface area contributed by atoms with Gasteiger partial charge in [0.05, 0.1) is 6.10 Å². The molecule has 5 saturated carbocycles. The van der Waals surface area contributed by atoms with Crippen molar-refractivity contribution >= 4 is 0 Å². The fourth-order valence-electron chi connectivity index (χ4n) is 9.22. The van der Waals surface area contributed by atoms with E-state index in [4.69, 9.17) is 0 Å². The minimum Gasteiger partial charge on any atom is -0.393 e. The van der Waals surface area contributed by atoms with Crippen molar-refractivity contribution in [3.8, 4) is 0 Å². The molecule has 2 N–H and O–H groups in total. The number of alkyl halides is 3. The van der Waals surface area contributed by atoms with Crippen LogP contribution in [0, 0.1) is 52.8 Å². The topological polar surface area (TPSA) is 40.5 Å². The maximum absolute atomic E-state index is 13.4. The zero-order chi connectivity index (χ0) is 22.2. The Balaban J connectivity index is 1.28. The first-order valence-corrected chi connectivity index (χ1v) is 13.0. The predicted octanol–water partition coefficient (Wildman–Crippen LogP) is 6.35. The van der Waals surface area contributed by atoms with E-state index in [2.05, 4.69) is 13.8 Å². The van der Waals surface area contributed by atoms with Crippen molar-refractivity contribution in [2.45, 2.75) is 109 Å². The van der Waals surface area contributed by atoms with Crippen LogP contribution in [0.2, 0.25) is 0 Å². The highest BCUT2D eigenvalue weighted by molar-refractivity contribution is 5.08. The maximum atomic E-state index is 13.4. The van der Waals surface area contributed by atoms with Gasteiger partial charge in [0.25, 0.3) is 0 Å². The van der Waals surface area contributed by atoms with Crippen molar-refractivity contribution in [3.63, 3.8) is 0 Å². The molecule has 5 fully saturated rings. The lowest BCUT2D eigenvalue weighted by atomic mass is 9.48. The third-order valence-corrected chi connectivity index (χ3v) is 11.1. The molecule has 5 aliphatic rings. The molecule has 31 heavy (non-hydrogen) atoms. The van der Waals surface area contributed by atoms with E-state index >= 15 is 0 Å². The van der Waals surface area contributed by atoms with Gasteiger partial charge in [0.1, 0.15) is 0 Å². The Labute approximate surface area is 185 Å². The summed E-state index contributed by atoms with van der Waals surface area (Å²) in [6.07, 6.45) is 5.79. The lowest BCUT2D eigenvalue weighted by Gasteiger charge is -2.57. The predicted molar refractivity (Wildman–Crippen MR) is 114 cm³/mol. The molecule has 5 aliphatic carbocycles. The van der Waals surface area contributed by atoms with Gasteiger partial charge in [-0.25, -0.2) is 0 Å². The number of rotatable bonds is 4. The second kappa shape index (κ2) is 7.61. The minimum atomic E-state index is -4.50. The summed E-state index contributed by atoms with van der Waals surface area (Å²) in [5.74, 6) is 3.90. The summed E-state index contributed by atoms with van der Waals surface area (Å²) in [7, 11) is 0. The maximum Gasteiger partial charge on any atom is 0.417 e. The summed E-state index contributed by atoms with van der Waals surface area (Å²) in [4.78, 5) is 0. The molecule has 0 aliphatic heterocycles. The van der Waals surface area contributed by atoms with E-state index in [-0.39, 0.29) is 30.3 Å². The third-order valence-electron chi connectivity index (χ3n) is 11.1. The lowest BCUT2D eigenvalue weighted by molar-refractivity contribution is -0.282. The number of halogens is 3. The molecule has 0 aromatic carbocycles. The molecular formula is C26H41F3O2. The van der Waals surface area contributed by atoms with Gasteiger partial charge in [0.2, 0.25) is 0 Å². The Hall–Kier alpha value is -0.290. The van der Waals surface area contributed by atoms with Crippen LogP contribution in [0.3, 0.4) is 0 Å². The van der Waals surface area contributed by atoms with Gasteiger partial charge in [-0.1, -0.05) is 26.7 Å². The molecule has 10 atom stereocenters. The quantitative estimate of drug-likeness (QED) is 0.533. The van der Waals surface area contributed by atoms with Crippen LogP contribution in [0.1, 0.15) is 90.9 Å². The zero-order valence-electron chi connectivity index (χ0n) is 19.2. The highest BCUT2D eigenvalue weighted by atomic mass is 19.4. The van der Waals surface area contributed by atoms with Crippen LogP contribution in [0.4, 0.5) is 13.2 Å². The molecule has 2 nitrogen and oxygen atoms in total. The summed E-state index contributed by atoms with van der Waals surface area (Å²) < 4.78 is 40.3. The van der Waals surface area contributed by atoms with Crippen LogP contribution < -0.4 is 0 Å². The van der Waals surface area contributed by atoms with Crippen molar-refractivity contribution in [3.05, 3.63) is 0 Å². The number of aliphatic hydroxyl groups excluding tert-OH is 1. The Morgan fingerprint density at radius 1 is 0.903 bits per heavy atom. The van der Waals surface area contributed by atoms with Gasteiger partial charge in [-0.3, -0.25) is 0 Å². The largest absolute Gasteiger partial charge is 0.417 e. The zero-order valence-corrected chi connectivity index (χ0v) is 19.2. The Morgan fingerprint density at radius 3 is 2.29 bits per heavy atom. The summed E-state index contributed by atoms with van der Waals surface area (Å²) >= 11 is 0. The summed E-state index contributed by atoms with van der Waals surface area (Å²) in [5.41, 5.74) is -2.19. The molecule has 0 radical (unpaired) electrons. The average molecular weight is 443 g/mol. The second-order valence-electron chi connectivity index (χ2n) is 12.5. The molecule has 178 valence electrons. The highest BCUT2D eigenvalue weighted by Gasteiger charge is 2.62. The number of fused-ring (bicyclic) bond motifs is 5. The summed E-state index contributed by atoms with van der Waals surface area (Å²) in [6.45, 7) is 4.74. The molecule has 0 saturated heterocycles. The lowest BCUT2D eigenvalue weighted by Crippen LogP contribution is -2.55. The Kier molecular flexibility index (Phi) is 5.53. The van der Waals surface area contributed by atoms with E-state index in [0.717, 1.165) is 38.0 Å². The van der Waals surface area contributed by atoms with Crippen LogP contribution in [-0.2, 0) is 0 Å². The molecule has 0 aromatic heterocycles. The molecule has 0 unspecified atom stereocenters. The van der Waals surface area contributed by atoms with E-state index < -0.39 is 11.8 Å². The number of hydrogen-bond donors (Lipinski definition) is 2. The van der Waals surface area contributed by atoms with Gasteiger partial charge < -0.3 is 10.2 Å². The van der Waals surface area contributed by atoms with E-state index in [1.54, 1.807) is 0 Å². The monoisotopic (exact) mass is 442 g/mol. The van der Waals surface area contributed by atoms with Gasteiger partial charge in [-0.2, -0.15) is 13.2 Å². The summed E-state index contributed by atoms with van der Waals surface area (Å²) in [6, 6.07) is 0. The van der Waals surface area contributed by atoms with Crippen molar-refractivity contribution in [2.75, 3.05) is 0 Å². The van der Waals surface area contributed by atoms with E-state index in [9.17, 15) is 23.4 Å². The van der Waals surface area contributed by atoms with Crippen LogP contribution in [-0.4, -0.2) is 28.1 Å². The van der Waals surface area contributed by atoms with Crippen LogP contribution in [0.15, 0.2) is 0 Å². The van der Waals surface area contributed by atoms with Gasteiger partial charge in [0.15, 0.2) is 5.60 Å². The number of aliphatic hydroxyl groups is 2. The smallest absolute Gasteiger partial charge is 0.393 e. The van der Waals surface area contributed by atoms with E-state index in [1.165, 1.54) is 25.7 Å². The van der Waals surface area contributed by atoms with Gasteiger partial charge >= 0.3 is 6.18 Å². The van der Waals surface area contributed by atoms with Gasteiger partial charge in [-0.05, 0) is 117 Å². The normalized spacial score (nSPS) is 49.6. The Morgan fingerprint density at radius 2 is 1.61 bits per heavy atom. The van der Waals surface area contributed by atoms with Crippen molar-refractivity contribution in [1.82, 2.24) is 0 Å². The van der Waals surface area contributed by atoms with Crippen molar-refractivity contribution < 1.29 is 23.4 Å². The molecule has 5 rings (SSSR count).